The van der Waals surface area contributed by atoms with E-state index in [9.17, 15) is 8.42 Å². The summed E-state index contributed by atoms with van der Waals surface area (Å²) < 4.78 is 30.2. The van der Waals surface area contributed by atoms with Gasteiger partial charge in [0.05, 0.1) is 12.5 Å². The zero-order valence-electron chi connectivity index (χ0n) is 5.98. The number of furan rings is 1. The Kier molecular flexibility index (Phi) is 2.31. The van der Waals surface area contributed by atoms with Gasteiger partial charge >= 0.3 is 0 Å². The molecule has 0 radical (unpaired) electrons. The van der Waals surface area contributed by atoms with Gasteiger partial charge in [0, 0.05) is 0 Å². The normalized spacial score (nSPS) is 11.7. The van der Waals surface area contributed by atoms with Gasteiger partial charge in [0.15, 0.2) is 0 Å². The molecular formula is C6H8O4S. The molecule has 62 valence electrons. The molecule has 0 saturated heterocycles. The summed E-state index contributed by atoms with van der Waals surface area (Å²) in [5.41, 5.74) is 0. The molecule has 0 unspecified atom stereocenters. The molecule has 0 saturated carbocycles. The molecule has 5 heteroatoms. The minimum absolute atomic E-state index is 0.0359. The van der Waals surface area contributed by atoms with Gasteiger partial charge in [-0.2, -0.15) is 8.42 Å². The molecule has 0 spiro atoms. The molecule has 0 fully saturated rings. The zero-order chi connectivity index (χ0) is 8.32. The molecule has 1 aromatic heterocycles. The van der Waals surface area contributed by atoms with Crippen molar-refractivity contribution in [3.05, 3.63) is 24.2 Å². The van der Waals surface area contributed by atoms with Crippen LogP contribution in [0.15, 0.2) is 22.8 Å². The van der Waals surface area contributed by atoms with Crippen LogP contribution in [0.3, 0.4) is 0 Å². The monoisotopic (exact) mass is 176 g/mol. The van der Waals surface area contributed by atoms with Crippen LogP contribution in [0.2, 0.25) is 0 Å². The molecule has 0 amide bonds. The molecule has 1 aromatic rings. The zero-order valence-corrected chi connectivity index (χ0v) is 6.80. The molecule has 0 aliphatic carbocycles. The molecule has 0 aliphatic rings. The Morgan fingerprint density at radius 2 is 2.36 bits per heavy atom. The van der Waals surface area contributed by atoms with Gasteiger partial charge in [0.25, 0.3) is 10.1 Å². The molecule has 11 heavy (non-hydrogen) atoms. The Hall–Kier alpha value is -0.810. The Morgan fingerprint density at radius 1 is 1.64 bits per heavy atom. The van der Waals surface area contributed by atoms with Crippen LogP contribution in [-0.2, 0) is 20.9 Å². The van der Waals surface area contributed by atoms with Gasteiger partial charge in [0.1, 0.15) is 12.4 Å². The van der Waals surface area contributed by atoms with Crippen LogP contribution in [0.4, 0.5) is 0 Å². The van der Waals surface area contributed by atoms with Crippen LogP contribution in [-0.4, -0.2) is 14.7 Å². The second kappa shape index (κ2) is 3.06. The van der Waals surface area contributed by atoms with E-state index in [1.165, 1.54) is 6.26 Å². The van der Waals surface area contributed by atoms with E-state index >= 15 is 0 Å². The highest BCUT2D eigenvalue weighted by Gasteiger charge is 2.03. The molecule has 0 bridgehead atoms. The van der Waals surface area contributed by atoms with E-state index < -0.39 is 10.1 Å². The molecule has 4 nitrogen and oxygen atoms in total. The fourth-order valence-corrected chi connectivity index (χ4v) is 0.890. The van der Waals surface area contributed by atoms with Gasteiger partial charge in [-0.15, -0.1) is 0 Å². The summed E-state index contributed by atoms with van der Waals surface area (Å²) in [5.74, 6) is 0.496. The van der Waals surface area contributed by atoms with Gasteiger partial charge in [-0.1, -0.05) is 0 Å². The maximum absolute atomic E-state index is 10.5. The molecule has 0 atom stereocenters. The standard InChI is InChI=1S/C6H8O4S/c1-11(7,8)10-5-6-3-2-4-9-6/h2-4H,5H2,1H3. The minimum atomic E-state index is -3.36. The first-order chi connectivity index (χ1) is 5.08. The average molecular weight is 176 g/mol. The van der Waals surface area contributed by atoms with Crippen LogP contribution in [0.25, 0.3) is 0 Å². The van der Waals surface area contributed by atoms with E-state index in [1.54, 1.807) is 12.1 Å². The Bertz CT molecular complexity index is 297. The maximum atomic E-state index is 10.5. The smallest absolute Gasteiger partial charge is 0.264 e. The van der Waals surface area contributed by atoms with Crippen LogP contribution in [0.5, 0.6) is 0 Å². The highest BCUT2D eigenvalue weighted by molar-refractivity contribution is 7.85. The van der Waals surface area contributed by atoms with Gasteiger partial charge in [-0.25, -0.2) is 0 Å². The van der Waals surface area contributed by atoms with Gasteiger partial charge in [-0.05, 0) is 12.1 Å². The summed E-state index contributed by atoms with van der Waals surface area (Å²) in [6.07, 6.45) is 2.46. The summed E-state index contributed by atoms with van der Waals surface area (Å²) in [6.45, 7) is -0.0359. The number of hydrogen-bond acceptors (Lipinski definition) is 4. The van der Waals surface area contributed by atoms with Crippen LogP contribution in [0.1, 0.15) is 5.76 Å². The van der Waals surface area contributed by atoms with Crippen molar-refractivity contribution < 1.29 is 17.0 Å². The van der Waals surface area contributed by atoms with Crippen molar-refractivity contribution in [3.63, 3.8) is 0 Å². The molecule has 0 N–H and O–H groups in total. The van der Waals surface area contributed by atoms with Crippen LogP contribution >= 0.6 is 0 Å². The largest absolute Gasteiger partial charge is 0.467 e. The first-order valence-corrected chi connectivity index (χ1v) is 4.76. The summed E-state index contributed by atoms with van der Waals surface area (Å²) in [4.78, 5) is 0. The second-order valence-corrected chi connectivity index (χ2v) is 3.69. The van der Waals surface area contributed by atoms with Gasteiger partial charge in [-0.3, -0.25) is 4.18 Å². The predicted molar refractivity (Wildman–Crippen MR) is 38.3 cm³/mol. The van der Waals surface area contributed by atoms with E-state index in [0.717, 1.165) is 6.26 Å². The fourth-order valence-electron chi connectivity index (χ4n) is 0.560. The van der Waals surface area contributed by atoms with Crippen molar-refractivity contribution in [2.24, 2.45) is 0 Å². The third kappa shape index (κ3) is 3.20. The molecule has 1 heterocycles. The maximum Gasteiger partial charge on any atom is 0.264 e. The lowest BCUT2D eigenvalue weighted by molar-refractivity contribution is 0.277. The van der Waals surface area contributed by atoms with Crippen LogP contribution < -0.4 is 0 Å². The van der Waals surface area contributed by atoms with Crippen LogP contribution in [0, 0.1) is 0 Å². The third-order valence-electron chi connectivity index (χ3n) is 0.995. The van der Waals surface area contributed by atoms with Crippen molar-refractivity contribution >= 4 is 10.1 Å². The minimum Gasteiger partial charge on any atom is -0.467 e. The highest BCUT2D eigenvalue weighted by atomic mass is 32.2. The van der Waals surface area contributed by atoms with Crippen molar-refractivity contribution in [1.82, 2.24) is 0 Å². The third-order valence-corrected chi connectivity index (χ3v) is 1.54. The molecular weight excluding hydrogens is 168 g/mol. The Morgan fingerprint density at radius 3 is 2.82 bits per heavy atom. The first-order valence-electron chi connectivity index (χ1n) is 2.95. The van der Waals surface area contributed by atoms with E-state index in [0.29, 0.717) is 5.76 Å². The van der Waals surface area contributed by atoms with Crippen molar-refractivity contribution in [3.8, 4) is 0 Å². The topological polar surface area (TPSA) is 56.5 Å². The first kappa shape index (κ1) is 8.29. The number of hydrogen-bond donors (Lipinski definition) is 0. The van der Waals surface area contributed by atoms with Crippen molar-refractivity contribution in [2.75, 3.05) is 6.26 Å². The lowest BCUT2D eigenvalue weighted by Crippen LogP contribution is -2.01. The molecule has 0 aliphatic heterocycles. The highest BCUT2D eigenvalue weighted by Crippen LogP contribution is 2.03. The Balaban J connectivity index is 2.48. The molecule has 0 aromatic carbocycles. The SMILES string of the molecule is CS(=O)(=O)OCc1ccco1. The van der Waals surface area contributed by atoms with E-state index in [2.05, 4.69) is 4.18 Å². The lowest BCUT2D eigenvalue weighted by Gasteiger charge is -1.95. The van der Waals surface area contributed by atoms with E-state index in [-0.39, 0.29) is 6.61 Å². The van der Waals surface area contributed by atoms with Gasteiger partial charge in [0.2, 0.25) is 0 Å². The fraction of sp³-hybridized carbons (Fsp3) is 0.333. The quantitative estimate of drug-likeness (QED) is 0.638. The second-order valence-electron chi connectivity index (χ2n) is 2.05. The average Bonchev–Trinajstić information content (AvgIpc) is 2.32. The lowest BCUT2D eigenvalue weighted by atomic mass is 10.5. The number of rotatable bonds is 3. The van der Waals surface area contributed by atoms with Crippen molar-refractivity contribution in [2.45, 2.75) is 6.61 Å². The summed E-state index contributed by atoms with van der Waals surface area (Å²) in [5, 5.41) is 0. The molecule has 1 rings (SSSR count). The summed E-state index contributed by atoms with van der Waals surface area (Å²) in [7, 11) is -3.36. The van der Waals surface area contributed by atoms with Crippen molar-refractivity contribution in [1.29, 1.82) is 0 Å². The van der Waals surface area contributed by atoms with Gasteiger partial charge < -0.3 is 4.42 Å². The summed E-state index contributed by atoms with van der Waals surface area (Å²) in [6, 6.07) is 3.31. The summed E-state index contributed by atoms with van der Waals surface area (Å²) >= 11 is 0. The van der Waals surface area contributed by atoms with E-state index in [1.807, 2.05) is 0 Å². The van der Waals surface area contributed by atoms with E-state index in [4.69, 9.17) is 4.42 Å². The Labute approximate surface area is 64.9 Å². The predicted octanol–water partition coefficient (Wildman–Crippen LogP) is 0.756.